The maximum Gasteiger partial charge on any atom is 0.292 e. The molecular formula is C27H16N2O2. The molecule has 0 amide bonds. The molecule has 1 aliphatic carbocycles. The molecule has 0 radical (unpaired) electrons. The van der Waals surface area contributed by atoms with Gasteiger partial charge in [-0.1, -0.05) is 60.7 Å². The number of nitriles is 2. The minimum atomic E-state index is 0.513. The second kappa shape index (κ2) is 7.71. The van der Waals surface area contributed by atoms with Crippen molar-refractivity contribution in [2.75, 3.05) is 0 Å². The van der Waals surface area contributed by atoms with Crippen molar-refractivity contribution in [3.05, 3.63) is 96.1 Å². The van der Waals surface area contributed by atoms with Crippen molar-refractivity contribution in [1.29, 1.82) is 10.5 Å². The molecule has 0 spiro atoms. The van der Waals surface area contributed by atoms with E-state index >= 15 is 0 Å². The zero-order chi connectivity index (χ0) is 21.2. The highest BCUT2D eigenvalue weighted by molar-refractivity contribution is 5.93. The van der Waals surface area contributed by atoms with E-state index in [-0.39, 0.29) is 0 Å². The molecule has 0 saturated carbocycles. The molecule has 31 heavy (non-hydrogen) atoms. The van der Waals surface area contributed by atoms with Gasteiger partial charge in [-0.05, 0) is 75.2 Å². The molecule has 4 heteroatoms. The van der Waals surface area contributed by atoms with Crippen LogP contribution in [0, 0.1) is 23.0 Å². The molecular weight excluding hydrogens is 384 g/mol. The summed E-state index contributed by atoms with van der Waals surface area (Å²) in [6.45, 7) is 0. The van der Waals surface area contributed by atoms with Crippen LogP contribution in [0.1, 0.15) is 11.1 Å². The first kappa shape index (κ1) is 18.5. The molecule has 0 aliphatic heterocycles. The molecule has 4 aromatic rings. The summed E-state index contributed by atoms with van der Waals surface area (Å²) < 4.78 is 9.89. The van der Waals surface area contributed by atoms with Crippen LogP contribution in [0.2, 0.25) is 0 Å². The summed E-state index contributed by atoms with van der Waals surface area (Å²) in [5.41, 5.74) is 9.47. The van der Waals surface area contributed by atoms with Crippen molar-refractivity contribution < 1.29 is 9.47 Å². The number of ether oxygens (including phenoxy) is 2. The van der Waals surface area contributed by atoms with Crippen LogP contribution in [-0.4, -0.2) is 0 Å². The summed E-state index contributed by atoms with van der Waals surface area (Å²) in [4.78, 5) is 0. The molecule has 146 valence electrons. The third kappa shape index (κ3) is 3.27. The zero-order valence-electron chi connectivity index (χ0n) is 16.5. The first-order valence-electron chi connectivity index (χ1n) is 9.85. The van der Waals surface area contributed by atoms with Gasteiger partial charge in [0.05, 0.1) is 0 Å². The lowest BCUT2D eigenvalue weighted by Crippen LogP contribution is -1.93. The van der Waals surface area contributed by atoms with E-state index in [2.05, 4.69) is 36.4 Å². The average molecular weight is 400 g/mol. The Morgan fingerprint density at radius 2 is 1.16 bits per heavy atom. The molecule has 5 rings (SSSR count). The monoisotopic (exact) mass is 400 g/mol. The third-order valence-electron chi connectivity index (χ3n) is 5.62. The number of benzene rings is 4. The van der Waals surface area contributed by atoms with E-state index in [0.717, 1.165) is 28.7 Å². The molecule has 0 N–H and O–H groups in total. The highest BCUT2D eigenvalue weighted by Crippen LogP contribution is 2.46. The number of hydrogen-bond acceptors (Lipinski definition) is 4. The second-order valence-electron chi connectivity index (χ2n) is 7.28. The lowest BCUT2D eigenvalue weighted by molar-refractivity contribution is 0.507. The van der Waals surface area contributed by atoms with Gasteiger partial charge in [0.2, 0.25) is 0 Å². The average Bonchev–Trinajstić information content (AvgIpc) is 3.19. The fourth-order valence-electron chi connectivity index (χ4n) is 4.28. The number of rotatable bonds is 4. The minimum Gasteiger partial charge on any atom is -0.388 e. The molecule has 0 aromatic heterocycles. The summed E-state index contributed by atoms with van der Waals surface area (Å²) in [5.74, 6) is 1.03. The largest absolute Gasteiger partial charge is 0.388 e. The maximum absolute atomic E-state index is 8.78. The van der Waals surface area contributed by atoms with Crippen LogP contribution >= 0.6 is 0 Å². The van der Waals surface area contributed by atoms with E-state index in [9.17, 15) is 0 Å². The van der Waals surface area contributed by atoms with Crippen LogP contribution in [0.15, 0.2) is 84.9 Å². The van der Waals surface area contributed by atoms with Crippen molar-refractivity contribution in [2.45, 2.75) is 6.42 Å². The van der Waals surface area contributed by atoms with Crippen molar-refractivity contribution >= 4 is 0 Å². The summed E-state index contributed by atoms with van der Waals surface area (Å²) in [7, 11) is 0. The Morgan fingerprint density at radius 3 is 1.81 bits per heavy atom. The second-order valence-corrected chi connectivity index (χ2v) is 7.28. The number of hydrogen-bond donors (Lipinski definition) is 0. The fourth-order valence-corrected chi connectivity index (χ4v) is 4.28. The maximum atomic E-state index is 8.78. The molecule has 4 aromatic carbocycles. The molecule has 0 bridgehead atoms. The molecule has 0 atom stereocenters. The molecule has 0 unspecified atom stereocenters. The van der Waals surface area contributed by atoms with Gasteiger partial charge < -0.3 is 9.47 Å². The summed E-state index contributed by atoms with van der Waals surface area (Å²) >= 11 is 0. The van der Waals surface area contributed by atoms with Crippen LogP contribution in [0.25, 0.3) is 33.4 Å². The highest BCUT2D eigenvalue weighted by Gasteiger charge is 2.24. The minimum absolute atomic E-state index is 0.513. The zero-order valence-corrected chi connectivity index (χ0v) is 16.5. The predicted molar refractivity (Wildman–Crippen MR) is 118 cm³/mol. The summed E-state index contributed by atoms with van der Waals surface area (Å²) in [6, 6.07) is 28.0. The molecule has 0 heterocycles. The Kier molecular flexibility index (Phi) is 4.60. The highest BCUT2D eigenvalue weighted by atomic mass is 16.5. The normalized spacial score (nSPS) is 11.0. The van der Waals surface area contributed by atoms with E-state index in [1.165, 1.54) is 22.3 Å². The Labute approximate surface area is 180 Å². The Hall–Kier alpha value is -4.54. The van der Waals surface area contributed by atoms with Gasteiger partial charge in [0.25, 0.3) is 12.5 Å². The van der Waals surface area contributed by atoms with E-state index < -0.39 is 0 Å². The first-order chi connectivity index (χ1) is 15.3. The topological polar surface area (TPSA) is 66.0 Å². The summed E-state index contributed by atoms with van der Waals surface area (Å²) in [6.07, 6.45) is 4.28. The third-order valence-corrected chi connectivity index (χ3v) is 5.62. The van der Waals surface area contributed by atoms with E-state index in [4.69, 9.17) is 20.0 Å². The number of fused-ring (bicyclic) bond motifs is 3. The van der Waals surface area contributed by atoms with Gasteiger partial charge in [-0.3, -0.25) is 0 Å². The first-order valence-corrected chi connectivity index (χ1v) is 9.85. The Morgan fingerprint density at radius 1 is 0.581 bits per heavy atom. The van der Waals surface area contributed by atoms with Crippen LogP contribution < -0.4 is 9.47 Å². The lowest BCUT2D eigenvalue weighted by Gasteiger charge is -2.16. The van der Waals surface area contributed by atoms with Gasteiger partial charge in [-0.15, -0.1) is 10.5 Å². The van der Waals surface area contributed by atoms with Gasteiger partial charge in [0.15, 0.2) is 0 Å². The fraction of sp³-hybridized carbons (Fsp3) is 0.0370. The lowest BCUT2D eigenvalue weighted by atomic mass is 9.88. The summed E-state index contributed by atoms with van der Waals surface area (Å²) in [5, 5.41) is 17.5. The predicted octanol–water partition coefficient (Wildman–Crippen LogP) is 6.31. The molecule has 0 saturated heterocycles. The molecule has 0 fully saturated rings. The standard InChI is InChI=1S/C27H16N2O2/c28-16-30-21-9-5-18(6-10-21)24-13-14-25-23-4-2-1-3-20(23)15-26(25)27(24)19-7-11-22(12-8-19)31-17-29/h1-14H,15H2. The van der Waals surface area contributed by atoms with Crippen molar-refractivity contribution in [3.63, 3.8) is 0 Å². The Bertz CT molecular complexity index is 1360. The van der Waals surface area contributed by atoms with E-state index in [0.29, 0.717) is 11.5 Å². The van der Waals surface area contributed by atoms with Crippen molar-refractivity contribution in [2.24, 2.45) is 0 Å². The van der Waals surface area contributed by atoms with Crippen molar-refractivity contribution in [3.8, 4) is 57.4 Å². The van der Waals surface area contributed by atoms with Crippen LogP contribution in [-0.2, 0) is 6.42 Å². The van der Waals surface area contributed by atoms with Gasteiger partial charge in [0.1, 0.15) is 11.5 Å². The van der Waals surface area contributed by atoms with E-state index in [1.807, 2.05) is 36.4 Å². The van der Waals surface area contributed by atoms with Crippen LogP contribution in [0.3, 0.4) is 0 Å². The Balaban J connectivity index is 1.69. The quantitative estimate of drug-likeness (QED) is 0.332. The molecule has 1 aliphatic rings. The van der Waals surface area contributed by atoms with E-state index in [1.54, 1.807) is 24.6 Å². The van der Waals surface area contributed by atoms with Crippen LogP contribution in [0.5, 0.6) is 11.5 Å². The van der Waals surface area contributed by atoms with Gasteiger partial charge in [0, 0.05) is 0 Å². The SMILES string of the molecule is N#COc1ccc(-c2ccc3c(c2-c2ccc(OC#N)cc2)Cc2ccccc2-3)cc1. The number of nitrogens with zero attached hydrogens (tertiary/aromatic N) is 2. The van der Waals surface area contributed by atoms with Gasteiger partial charge >= 0.3 is 0 Å². The van der Waals surface area contributed by atoms with Crippen LogP contribution in [0.4, 0.5) is 0 Å². The van der Waals surface area contributed by atoms with Gasteiger partial charge in [-0.2, -0.15) is 0 Å². The van der Waals surface area contributed by atoms with Crippen molar-refractivity contribution in [1.82, 2.24) is 0 Å². The smallest absolute Gasteiger partial charge is 0.292 e. The van der Waals surface area contributed by atoms with Gasteiger partial charge in [-0.25, -0.2) is 0 Å². The molecule has 4 nitrogen and oxygen atoms in total.